The van der Waals surface area contributed by atoms with Crippen molar-refractivity contribution in [3.8, 4) is 33.4 Å². The summed E-state index contributed by atoms with van der Waals surface area (Å²) in [6.45, 7) is 0. The molecule has 11 aromatic rings. The van der Waals surface area contributed by atoms with E-state index in [1.165, 1.54) is 43.4 Å². The molecule has 0 fully saturated rings. The zero-order valence-electron chi connectivity index (χ0n) is 30.6. The third kappa shape index (κ3) is 5.34. The summed E-state index contributed by atoms with van der Waals surface area (Å²) in [5.74, 6) is 0. The maximum absolute atomic E-state index is 6.44. The van der Waals surface area contributed by atoms with Gasteiger partial charge in [0.25, 0.3) is 0 Å². The molecule has 0 spiro atoms. The molecule has 1 heterocycles. The van der Waals surface area contributed by atoms with Crippen molar-refractivity contribution < 1.29 is 4.42 Å². The highest BCUT2D eigenvalue weighted by molar-refractivity contribution is 6.14. The van der Waals surface area contributed by atoms with Crippen LogP contribution in [0.4, 0.5) is 17.1 Å². The van der Waals surface area contributed by atoms with Gasteiger partial charge < -0.3 is 9.32 Å². The van der Waals surface area contributed by atoms with Crippen LogP contribution in [0.5, 0.6) is 0 Å². The van der Waals surface area contributed by atoms with Gasteiger partial charge in [-0.15, -0.1) is 0 Å². The van der Waals surface area contributed by atoms with E-state index in [0.29, 0.717) is 0 Å². The van der Waals surface area contributed by atoms with Crippen LogP contribution in [0.2, 0.25) is 0 Å². The summed E-state index contributed by atoms with van der Waals surface area (Å²) in [6.07, 6.45) is 0. The fourth-order valence-corrected chi connectivity index (χ4v) is 8.54. The molecule has 0 aliphatic heterocycles. The highest BCUT2D eigenvalue weighted by Crippen LogP contribution is 2.48. The molecule has 262 valence electrons. The van der Waals surface area contributed by atoms with Crippen molar-refractivity contribution in [1.82, 2.24) is 0 Å². The third-order valence-electron chi connectivity index (χ3n) is 11.2. The van der Waals surface area contributed by atoms with Crippen molar-refractivity contribution in [1.29, 1.82) is 0 Å². The Kier molecular flexibility index (Phi) is 7.53. The monoisotopic (exact) mass is 713 g/mol. The number of rotatable bonds is 6. The summed E-state index contributed by atoms with van der Waals surface area (Å²) >= 11 is 0. The Morgan fingerprint density at radius 1 is 0.268 bits per heavy atom. The molecule has 2 heteroatoms. The van der Waals surface area contributed by atoms with Crippen LogP contribution < -0.4 is 4.90 Å². The van der Waals surface area contributed by atoms with Gasteiger partial charge in [-0.3, -0.25) is 0 Å². The molecule has 0 bridgehead atoms. The number of furan rings is 1. The second-order valence-corrected chi connectivity index (χ2v) is 14.5. The molecule has 0 unspecified atom stereocenters. The van der Waals surface area contributed by atoms with Crippen molar-refractivity contribution in [3.63, 3.8) is 0 Å². The van der Waals surface area contributed by atoms with Gasteiger partial charge in [-0.2, -0.15) is 0 Å². The lowest BCUT2D eigenvalue weighted by Gasteiger charge is -2.31. The van der Waals surface area contributed by atoms with Crippen molar-refractivity contribution in [2.45, 2.75) is 0 Å². The maximum Gasteiger partial charge on any atom is 0.136 e. The van der Waals surface area contributed by atoms with Crippen LogP contribution in [0.15, 0.2) is 217 Å². The van der Waals surface area contributed by atoms with Crippen molar-refractivity contribution >= 4 is 71.3 Å². The molecular weight excluding hydrogens is 679 g/mol. The first-order valence-corrected chi connectivity index (χ1v) is 19.2. The van der Waals surface area contributed by atoms with Gasteiger partial charge >= 0.3 is 0 Å². The molecule has 11 rings (SSSR count). The minimum Gasteiger partial charge on any atom is -0.456 e. The first-order valence-electron chi connectivity index (χ1n) is 19.2. The van der Waals surface area contributed by atoms with Gasteiger partial charge in [0.15, 0.2) is 0 Å². The zero-order valence-corrected chi connectivity index (χ0v) is 30.6. The van der Waals surface area contributed by atoms with Crippen molar-refractivity contribution in [3.05, 3.63) is 212 Å². The van der Waals surface area contributed by atoms with Gasteiger partial charge in [0.05, 0.1) is 17.1 Å². The maximum atomic E-state index is 6.44. The van der Waals surface area contributed by atoms with Gasteiger partial charge in [-0.05, 0) is 91.6 Å². The van der Waals surface area contributed by atoms with Crippen LogP contribution in [0.3, 0.4) is 0 Å². The molecule has 0 amide bonds. The van der Waals surface area contributed by atoms with E-state index in [1.807, 2.05) is 0 Å². The second kappa shape index (κ2) is 13.2. The number of benzene rings is 10. The number of para-hydroxylation sites is 2. The highest BCUT2D eigenvalue weighted by Gasteiger charge is 2.23. The smallest absolute Gasteiger partial charge is 0.136 e. The predicted octanol–water partition coefficient (Wildman–Crippen LogP) is 15.5. The molecule has 0 N–H and O–H groups in total. The molecule has 0 radical (unpaired) electrons. The van der Waals surface area contributed by atoms with E-state index in [-0.39, 0.29) is 0 Å². The van der Waals surface area contributed by atoms with Gasteiger partial charge in [-0.25, -0.2) is 0 Å². The SMILES string of the molecule is c1ccc(-c2ccc(-c3ccccc3N(c3ccccc3-c3ccc4oc5cc6ccccc6cc5c4c3)c3cccc4c3ccc3ccccc34)cc2)cc1. The van der Waals surface area contributed by atoms with Crippen LogP contribution in [0, 0.1) is 0 Å². The minimum atomic E-state index is 0.888. The summed E-state index contributed by atoms with van der Waals surface area (Å²) in [5, 5.41) is 9.52. The van der Waals surface area contributed by atoms with Crippen LogP contribution in [-0.4, -0.2) is 0 Å². The molecule has 10 aromatic carbocycles. The molecule has 1 aromatic heterocycles. The van der Waals surface area contributed by atoms with E-state index < -0.39 is 0 Å². The Hall–Kier alpha value is -7.42. The fourth-order valence-electron chi connectivity index (χ4n) is 8.54. The Labute approximate surface area is 325 Å². The van der Waals surface area contributed by atoms with Gasteiger partial charge in [0.2, 0.25) is 0 Å². The number of hydrogen-bond acceptors (Lipinski definition) is 2. The first kappa shape index (κ1) is 32.0. The van der Waals surface area contributed by atoms with Gasteiger partial charge in [-0.1, -0.05) is 170 Å². The van der Waals surface area contributed by atoms with Crippen LogP contribution in [0.25, 0.3) is 87.6 Å². The normalized spacial score (nSPS) is 11.6. The van der Waals surface area contributed by atoms with Crippen molar-refractivity contribution in [2.24, 2.45) is 0 Å². The Balaban J connectivity index is 1.14. The lowest BCUT2D eigenvalue weighted by molar-refractivity contribution is 0.669. The van der Waals surface area contributed by atoms with E-state index in [0.717, 1.165) is 61.3 Å². The van der Waals surface area contributed by atoms with E-state index in [1.54, 1.807) is 0 Å². The number of fused-ring (bicyclic) bond motifs is 7. The number of anilines is 3. The average Bonchev–Trinajstić information content (AvgIpc) is 3.63. The molecule has 0 atom stereocenters. The van der Waals surface area contributed by atoms with E-state index in [4.69, 9.17) is 4.42 Å². The Morgan fingerprint density at radius 3 is 1.61 bits per heavy atom. The summed E-state index contributed by atoms with van der Waals surface area (Å²) in [6, 6.07) is 76.6. The highest BCUT2D eigenvalue weighted by atomic mass is 16.3. The van der Waals surface area contributed by atoms with Crippen molar-refractivity contribution in [2.75, 3.05) is 4.90 Å². The molecule has 0 aliphatic carbocycles. The predicted molar refractivity (Wildman–Crippen MR) is 237 cm³/mol. The lowest BCUT2D eigenvalue weighted by Crippen LogP contribution is -2.13. The van der Waals surface area contributed by atoms with Gasteiger partial charge in [0, 0.05) is 27.3 Å². The Bertz CT molecular complexity index is 3250. The van der Waals surface area contributed by atoms with E-state index in [2.05, 4.69) is 217 Å². The molecule has 0 saturated carbocycles. The lowest BCUT2D eigenvalue weighted by atomic mass is 9.95. The standard InChI is InChI=1S/C54H35NO/c1-2-13-36(14-3-1)37-25-27-39(28-26-37)44-19-8-10-22-50(44)55(52-24-12-21-46-43-18-7-6-15-38(43)29-31-47(46)52)51-23-11-9-20-45(51)42-30-32-53-48(34-42)49-33-40-16-4-5-17-41(40)35-54(49)56-53/h1-35H. The Morgan fingerprint density at radius 2 is 0.821 bits per heavy atom. The number of nitrogens with zero attached hydrogens (tertiary/aromatic N) is 1. The number of hydrogen-bond donors (Lipinski definition) is 0. The summed E-state index contributed by atoms with van der Waals surface area (Å²) in [7, 11) is 0. The quantitative estimate of drug-likeness (QED) is 0.160. The second-order valence-electron chi connectivity index (χ2n) is 14.5. The topological polar surface area (TPSA) is 16.4 Å². The van der Waals surface area contributed by atoms with Crippen LogP contribution in [-0.2, 0) is 0 Å². The minimum absolute atomic E-state index is 0.888. The molecule has 56 heavy (non-hydrogen) atoms. The van der Waals surface area contributed by atoms with E-state index >= 15 is 0 Å². The zero-order chi connectivity index (χ0) is 37.0. The summed E-state index contributed by atoms with van der Waals surface area (Å²) in [5.41, 5.74) is 12.1. The largest absolute Gasteiger partial charge is 0.456 e. The molecular formula is C54H35NO. The fraction of sp³-hybridized carbons (Fsp3) is 0. The summed E-state index contributed by atoms with van der Waals surface area (Å²) in [4.78, 5) is 2.47. The average molecular weight is 714 g/mol. The first-order chi connectivity index (χ1) is 27.8. The molecule has 0 saturated heterocycles. The third-order valence-corrected chi connectivity index (χ3v) is 11.2. The van der Waals surface area contributed by atoms with Crippen LogP contribution >= 0.6 is 0 Å². The summed E-state index contributed by atoms with van der Waals surface area (Å²) < 4.78 is 6.44. The molecule has 0 aliphatic rings. The van der Waals surface area contributed by atoms with Gasteiger partial charge in [0.1, 0.15) is 11.2 Å². The van der Waals surface area contributed by atoms with E-state index in [9.17, 15) is 0 Å². The van der Waals surface area contributed by atoms with Crippen LogP contribution in [0.1, 0.15) is 0 Å². The molecule has 2 nitrogen and oxygen atoms in total.